The van der Waals surface area contributed by atoms with Crippen molar-refractivity contribution in [3.05, 3.63) is 29.8 Å². The summed E-state index contributed by atoms with van der Waals surface area (Å²) >= 11 is 0. The van der Waals surface area contributed by atoms with E-state index in [9.17, 15) is 18.0 Å². The van der Waals surface area contributed by atoms with Crippen LogP contribution in [0.4, 0.5) is 18.9 Å². The zero-order chi connectivity index (χ0) is 15.0. The van der Waals surface area contributed by atoms with E-state index in [1.807, 2.05) is 6.07 Å². The van der Waals surface area contributed by atoms with Crippen LogP contribution in [0.1, 0.15) is 12.0 Å². The number of ether oxygens (including phenoxy) is 1. The van der Waals surface area contributed by atoms with Crippen molar-refractivity contribution >= 4 is 11.6 Å². The smallest absolute Gasteiger partial charge is 0.396 e. The van der Waals surface area contributed by atoms with Crippen LogP contribution in [0.25, 0.3) is 0 Å². The zero-order valence-electron chi connectivity index (χ0n) is 10.7. The Balaban J connectivity index is 2.41. The van der Waals surface area contributed by atoms with E-state index in [4.69, 9.17) is 5.11 Å². The zero-order valence-corrected chi connectivity index (χ0v) is 10.7. The first-order chi connectivity index (χ1) is 9.40. The molecule has 0 bridgehead atoms. The van der Waals surface area contributed by atoms with Gasteiger partial charge in [0, 0.05) is 12.3 Å². The summed E-state index contributed by atoms with van der Waals surface area (Å²) in [6.45, 7) is -2.03. The number of amides is 1. The van der Waals surface area contributed by atoms with Gasteiger partial charge in [-0.15, -0.1) is 0 Å². The molecule has 0 heterocycles. The van der Waals surface area contributed by atoms with Crippen molar-refractivity contribution in [3.8, 4) is 0 Å². The molecule has 0 saturated carbocycles. The minimum Gasteiger partial charge on any atom is -0.396 e. The largest absolute Gasteiger partial charge is 0.411 e. The first-order valence-electron chi connectivity index (χ1n) is 6.05. The molecular weight excluding hydrogens is 275 g/mol. The highest BCUT2D eigenvalue weighted by atomic mass is 19.4. The number of anilines is 1. The second kappa shape index (κ2) is 7.86. The van der Waals surface area contributed by atoms with Crippen molar-refractivity contribution in [3.63, 3.8) is 0 Å². The average molecular weight is 291 g/mol. The summed E-state index contributed by atoms with van der Waals surface area (Å²) < 4.78 is 39.7. The molecule has 0 aliphatic rings. The van der Waals surface area contributed by atoms with Crippen LogP contribution >= 0.6 is 0 Å². The molecule has 1 aromatic carbocycles. The second-order valence-corrected chi connectivity index (χ2v) is 4.18. The molecule has 1 amide bonds. The van der Waals surface area contributed by atoms with Crippen LogP contribution in [0.3, 0.4) is 0 Å². The summed E-state index contributed by atoms with van der Waals surface area (Å²) in [6, 6.07) is 6.89. The van der Waals surface area contributed by atoms with Gasteiger partial charge in [0.05, 0.1) is 0 Å². The topological polar surface area (TPSA) is 58.6 Å². The molecule has 0 radical (unpaired) electrons. The molecule has 7 heteroatoms. The summed E-state index contributed by atoms with van der Waals surface area (Å²) in [5.74, 6) is -0.645. The molecule has 1 aromatic rings. The Morgan fingerprint density at radius 3 is 2.75 bits per heavy atom. The van der Waals surface area contributed by atoms with E-state index in [0.717, 1.165) is 5.56 Å². The Hall–Kier alpha value is -1.60. The Kier molecular flexibility index (Phi) is 6.47. The molecule has 0 unspecified atom stereocenters. The quantitative estimate of drug-likeness (QED) is 0.809. The highest BCUT2D eigenvalue weighted by molar-refractivity contribution is 5.91. The van der Waals surface area contributed by atoms with Gasteiger partial charge in [-0.2, -0.15) is 13.2 Å². The van der Waals surface area contributed by atoms with Crippen LogP contribution in [0.5, 0.6) is 0 Å². The Morgan fingerprint density at radius 2 is 2.10 bits per heavy atom. The Bertz CT molecular complexity index is 435. The lowest BCUT2D eigenvalue weighted by Crippen LogP contribution is -2.24. The standard InChI is InChI=1S/C13H16F3NO3/c14-13(15,16)9-20-8-12(19)17-11-5-1-3-10(7-11)4-2-6-18/h1,3,5,7,18H,2,4,6,8-9H2,(H,17,19). The molecule has 0 spiro atoms. The number of carbonyl (C=O) groups excluding carboxylic acids is 1. The Labute approximate surface area is 114 Å². The van der Waals surface area contributed by atoms with Gasteiger partial charge >= 0.3 is 6.18 Å². The maximum atomic E-state index is 11.8. The van der Waals surface area contributed by atoms with Crippen LogP contribution in [-0.4, -0.2) is 37.0 Å². The fraction of sp³-hybridized carbons (Fsp3) is 0.462. The lowest BCUT2D eigenvalue weighted by atomic mass is 10.1. The maximum absolute atomic E-state index is 11.8. The van der Waals surface area contributed by atoms with Gasteiger partial charge in [0.2, 0.25) is 5.91 Å². The number of rotatable bonds is 7. The van der Waals surface area contributed by atoms with Gasteiger partial charge < -0.3 is 15.2 Å². The van der Waals surface area contributed by atoms with Crippen molar-refractivity contribution in [1.82, 2.24) is 0 Å². The SMILES string of the molecule is O=C(COCC(F)(F)F)Nc1cccc(CCCO)c1. The highest BCUT2D eigenvalue weighted by Crippen LogP contribution is 2.15. The van der Waals surface area contributed by atoms with Gasteiger partial charge in [-0.05, 0) is 30.5 Å². The number of aryl methyl sites for hydroxylation is 1. The van der Waals surface area contributed by atoms with Gasteiger partial charge in [0.25, 0.3) is 0 Å². The van der Waals surface area contributed by atoms with Gasteiger partial charge in [0.1, 0.15) is 13.2 Å². The van der Waals surface area contributed by atoms with Crippen molar-refractivity contribution in [2.45, 2.75) is 19.0 Å². The molecule has 4 nitrogen and oxygen atoms in total. The van der Waals surface area contributed by atoms with Crippen molar-refractivity contribution in [1.29, 1.82) is 0 Å². The van der Waals surface area contributed by atoms with Gasteiger partial charge in [0.15, 0.2) is 0 Å². The van der Waals surface area contributed by atoms with Crippen molar-refractivity contribution in [2.24, 2.45) is 0 Å². The predicted octanol–water partition coefficient (Wildman–Crippen LogP) is 2.13. The number of carbonyl (C=O) groups is 1. The summed E-state index contributed by atoms with van der Waals surface area (Å²) in [5, 5.41) is 11.2. The molecule has 0 aliphatic heterocycles. The van der Waals surface area contributed by atoms with Gasteiger partial charge in [-0.3, -0.25) is 4.79 Å². The third-order valence-corrected chi connectivity index (χ3v) is 2.33. The number of aliphatic hydroxyl groups is 1. The van der Waals surface area contributed by atoms with Gasteiger partial charge in [-0.25, -0.2) is 0 Å². The Morgan fingerprint density at radius 1 is 1.35 bits per heavy atom. The molecule has 0 aromatic heterocycles. The normalized spacial score (nSPS) is 11.4. The number of hydrogen-bond donors (Lipinski definition) is 2. The van der Waals surface area contributed by atoms with Crippen molar-refractivity contribution < 1.29 is 27.8 Å². The molecule has 0 aliphatic carbocycles. The number of hydrogen-bond acceptors (Lipinski definition) is 3. The van der Waals surface area contributed by atoms with E-state index < -0.39 is 25.3 Å². The fourth-order valence-electron chi connectivity index (χ4n) is 1.54. The maximum Gasteiger partial charge on any atom is 0.411 e. The monoisotopic (exact) mass is 291 g/mol. The van der Waals surface area contributed by atoms with Crippen LogP contribution in [-0.2, 0) is 16.0 Å². The van der Waals surface area contributed by atoms with Gasteiger partial charge in [-0.1, -0.05) is 12.1 Å². The second-order valence-electron chi connectivity index (χ2n) is 4.18. The highest BCUT2D eigenvalue weighted by Gasteiger charge is 2.27. The van der Waals surface area contributed by atoms with Crippen molar-refractivity contribution in [2.75, 3.05) is 25.1 Å². The number of alkyl halides is 3. The number of aliphatic hydroxyl groups excluding tert-OH is 1. The average Bonchev–Trinajstić information content (AvgIpc) is 2.35. The van der Waals surface area contributed by atoms with E-state index in [-0.39, 0.29) is 6.61 Å². The molecule has 1 rings (SSSR count). The molecule has 112 valence electrons. The third kappa shape index (κ3) is 7.10. The minimum absolute atomic E-state index is 0.0713. The van der Waals surface area contributed by atoms with E-state index in [2.05, 4.69) is 10.1 Å². The molecule has 0 atom stereocenters. The first kappa shape index (κ1) is 16.5. The van der Waals surface area contributed by atoms with E-state index in [0.29, 0.717) is 18.5 Å². The van der Waals surface area contributed by atoms with Crippen LogP contribution in [0.15, 0.2) is 24.3 Å². The van der Waals surface area contributed by atoms with Crippen LogP contribution < -0.4 is 5.32 Å². The first-order valence-corrected chi connectivity index (χ1v) is 6.05. The fourth-order valence-corrected chi connectivity index (χ4v) is 1.54. The third-order valence-electron chi connectivity index (χ3n) is 2.33. The summed E-state index contributed by atoms with van der Waals surface area (Å²) in [4.78, 5) is 11.4. The van der Waals surface area contributed by atoms with E-state index in [1.54, 1.807) is 18.2 Å². The summed E-state index contributed by atoms with van der Waals surface area (Å²) in [5.41, 5.74) is 1.41. The molecule has 2 N–H and O–H groups in total. The van der Waals surface area contributed by atoms with E-state index >= 15 is 0 Å². The van der Waals surface area contributed by atoms with E-state index in [1.165, 1.54) is 0 Å². The predicted molar refractivity (Wildman–Crippen MR) is 67.4 cm³/mol. The lowest BCUT2D eigenvalue weighted by molar-refractivity contribution is -0.174. The molecule has 0 fully saturated rings. The summed E-state index contributed by atoms with van der Waals surface area (Å²) in [7, 11) is 0. The lowest BCUT2D eigenvalue weighted by Gasteiger charge is -2.09. The molecule has 20 heavy (non-hydrogen) atoms. The number of benzene rings is 1. The van der Waals surface area contributed by atoms with Crippen LogP contribution in [0, 0.1) is 0 Å². The molecular formula is C13H16F3NO3. The molecule has 0 saturated heterocycles. The number of halogens is 3. The summed E-state index contributed by atoms with van der Waals surface area (Å²) in [6.07, 6.45) is -3.18. The van der Waals surface area contributed by atoms with Crippen LogP contribution in [0.2, 0.25) is 0 Å². The minimum atomic E-state index is -4.44. The number of nitrogens with one attached hydrogen (secondary N) is 1.